The second-order valence-corrected chi connectivity index (χ2v) is 6.76. The molecule has 102 valence electrons. The lowest BCUT2D eigenvalue weighted by Gasteiger charge is -2.07. The average molecular weight is 327 g/mol. The van der Waals surface area contributed by atoms with Gasteiger partial charge in [0, 0.05) is 16.6 Å². The Morgan fingerprint density at radius 2 is 1.85 bits per heavy atom. The van der Waals surface area contributed by atoms with Gasteiger partial charge in [-0.15, -0.1) is 0 Å². The van der Waals surface area contributed by atoms with E-state index in [4.69, 9.17) is 23.2 Å². The van der Waals surface area contributed by atoms with Crippen LogP contribution in [0.3, 0.4) is 0 Å². The molecule has 0 saturated heterocycles. The Morgan fingerprint density at radius 1 is 1.05 bits per heavy atom. The topological polar surface area (TPSA) is 52.0 Å². The summed E-state index contributed by atoms with van der Waals surface area (Å²) >= 11 is 11.7. The van der Waals surface area contributed by atoms with Crippen molar-refractivity contribution in [3.05, 3.63) is 58.8 Å². The predicted molar refractivity (Wildman–Crippen MR) is 78.8 cm³/mol. The molecule has 0 fully saturated rings. The van der Waals surface area contributed by atoms with Crippen LogP contribution in [0.4, 0.5) is 0 Å². The second-order valence-electron chi connectivity index (χ2n) is 4.12. The molecule has 0 bridgehead atoms. The standard InChI is InChI=1S/C13H8Cl2N2O2S/c14-10-2-1-3-11(8-10)20(18,19)17-7-6-9-4-5-12(15)16-13(9)17/h1-8H. The molecule has 2 aromatic heterocycles. The van der Waals surface area contributed by atoms with E-state index in [-0.39, 0.29) is 15.7 Å². The third-order valence-electron chi connectivity index (χ3n) is 2.82. The zero-order valence-corrected chi connectivity index (χ0v) is 12.3. The molecule has 3 rings (SSSR count). The quantitative estimate of drug-likeness (QED) is 0.676. The minimum Gasteiger partial charge on any atom is -0.224 e. The summed E-state index contributed by atoms with van der Waals surface area (Å²) in [4.78, 5) is 4.17. The predicted octanol–water partition coefficient (Wildman–Crippen LogP) is 3.58. The first kappa shape index (κ1) is 13.4. The molecule has 2 heterocycles. The van der Waals surface area contributed by atoms with Crippen molar-refractivity contribution in [1.82, 2.24) is 8.96 Å². The molecule has 0 aliphatic rings. The summed E-state index contributed by atoms with van der Waals surface area (Å²) in [5.74, 6) is 0. The summed E-state index contributed by atoms with van der Waals surface area (Å²) in [6, 6.07) is 11.1. The van der Waals surface area contributed by atoms with E-state index < -0.39 is 10.0 Å². The number of hydrogen-bond donors (Lipinski definition) is 0. The van der Waals surface area contributed by atoms with Crippen LogP contribution in [-0.2, 0) is 10.0 Å². The molecule has 0 amide bonds. The molecule has 0 atom stereocenters. The van der Waals surface area contributed by atoms with Crippen LogP contribution >= 0.6 is 23.2 Å². The molecule has 0 N–H and O–H groups in total. The van der Waals surface area contributed by atoms with Crippen molar-refractivity contribution in [2.75, 3.05) is 0 Å². The van der Waals surface area contributed by atoms with E-state index in [1.54, 1.807) is 30.3 Å². The normalized spacial score (nSPS) is 11.9. The van der Waals surface area contributed by atoms with Crippen molar-refractivity contribution < 1.29 is 8.42 Å². The number of halogens is 2. The summed E-state index contributed by atoms with van der Waals surface area (Å²) in [5.41, 5.74) is 0.289. The van der Waals surface area contributed by atoms with E-state index in [0.29, 0.717) is 10.4 Å². The van der Waals surface area contributed by atoms with Gasteiger partial charge in [-0.3, -0.25) is 0 Å². The highest BCUT2D eigenvalue weighted by Gasteiger charge is 2.20. The minimum absolute atomic E-state index is 0.101. The van der Waals surface area contributed by atoms with Crippen molar-refractivity contribution in [2.24, 2.45) is 0 Å². The lowest BCUT2D eigenvalue weighted by molar-refractivity contribution is 0.589. The van der Waals surface area contributed by atoms with E-state index in [2.05, 4.69) is 4.98 Å². The van der Waals surface area contributed by atoms with E-state index >= 15 is 0 Å². The zero-order chi connectivity index (χ0) is 14.3. The van der Waals surface area contributed by atoms with Crippen LogP contribution in [-0.4, -0.2) is 17.4 Å². The fraction of sp³-hybridized carbons (Fsp3) is 0. The first-order chi connectivity index (χ1) is 9.48. The van der Waals surface area contributed by atoms with E-state index in [0.717, 1.165) is 3.97 Å². The maximum atomic E-state index is 12.6. The van der Waals surface area contributed by atoms with Crippen molar-refractivity contribution in [3.8, 4) is 0 Å². The maximum absolute atomic E-state index is 12.6. The third kappa shape index (κ3) is 2.18. The highest BCUT2D eigenvalue weighted by Crippen LogP contribution is 2.23. The van der Waals surface area contributed by atoms with Crippen molar-refractivity contribution >= 4 is 44.3 Å². The number of pyridine rings is 1. The highest BCUT2D eigenvalue weighted by atomic mass is 35.5. The summed E-state index contributed by atoms with van der Waals surface area (Å²) < 4.78 is 26.3. The van der Waals surface area contributed by atoms with Crippen molar-refractivity contribution in [1.29, 1.82) is 0 Å². The summed E-state index contributed by atoms with van der Waals surface area (Å²) in [6.07, 6.45) is 1.45. The van der Waals surface area contributed by atoms with Crippen LogP contribution in [0.5, 0.6) is 0 Å². The molecule has 1 aromatic carbocycles. The molecule has 4 nitrogen and oxygen atoms in total. The van der Waals surface area contributed by atoms with Crippen LogP contribution in [0.15, 0.2) is 53.6 Å². The van der Waals surface area contributed by atoms with Crippen molar-refractivity contribution in [3.63, 3.8) is 0 Å². The van der Waals surface area contributed by atoms with Crippen molar-refractivity contribution in [2.45, 2.75) is 4.90 Å². The number of aromatic nitrogens is 2. The monoisotopic (exact) mass is 326 g/mol. The van der Waals surface area contributed by atoms with Gasteiger partial charge >= 0.3 is 0 Å². The van der Waals surface area contributed by atoms with E-state index in [1.807, 2.05) is 0 Å². The van der Waals surface area contributed by atoms with Crippen LogP contribution < -0.4 is 0 Å². The second kappa shape index (κ2) is 4.77. The van der Waals surface area contributed by atoms with Crippen LogP contribution in [0.25, 0.3) is 11.0 Å². The highest BCUT2D eigenvalue weighted by molar-refractivity contribution is 7.90. The Balaban J connectivity index is 2.26. The van der Waals surface area contributed by atoms with Gasteiger partial charge in [-0.1, -0.05) is 29.3 Å². The number of nitrogens with zero attached hydrogens (tertiary/aromatic N) is 2. The number of fused-ring (bicyclic) bond motifs is 1. The fourth-order valence-electron chi connectivity index (χ4n) is 1.90. The van der Waals surface area contributed by atoms with Gasteiger partial charge < -0.3 is 0 Å². The molecule has 20 heavy (non-hydrogen) atoms. The Kier molecular flexibility index (Phi) is 3.20. The van der Waals surface area contributed by atoms with E-state index in [1.165, 1.54) is 18.3 Å². The summed E-state index contributed by atoms with van der Waals surface area (Å²) in [6.45, 7) is 0. The van der Waals surface area contributed by atoms with Gasteiger partial charge in [-0.25, -0.2) is 17.4 Å². The Hall–Kier alpha value is -1.56. The molecule has 7 heteroatoms. The van der Waals surface area contributed by atoms with Gasteiger partial charge in [0.1, 0.15) is 5.15 Å². The van der Waals surface area contributed by atoms with E-state index in [9.17, 15) is 8.42 Å². The number of rotatable bonds is 2. The van der Waals surface area contributed by atoms with Gasteiger partial charge in [-0.05, 0) is 36.4 Å². The smallest absolute Gasteiger partial charge is 0.224 e. The fourth-order valence-corrected chi connectivity index (χ4v) is 3.64. The molecule has 0 spiro atoms. The third-order valence-corrected chi connectivity index (χ3v) is 4.93. The Morgan fingerprint density at radius 3 is 2.60 bits per heavy atom. The molecule has 0 unspecified atom stereocenters. The maximum Gasteiger partial charge on any atom is 0.269 e. The van der Waals surface area contributed by atoms with Gasteiger partial charge in [0.15, 0.2) is 5.65 Å². The first-order valence-electron chi connectivity index (χ1n) is 5.63. The molecular formula is C13H8Cl2N2O2S. The molecule has 0 aliphatic carbocycles. The van der Waals surface area contributed by atoms with Gasteiger partial charge in [0.2, 0.25) is 0 Å². The number of hydrogen-bond acceptors (Lipinski definition) is 3. The zero-order valence-electron chi connectivity index (χ0n) is 9.99. The molecular weight excluding hydrogens is 319 g/mol. The lowest BCUT2D eigenvalue weighted by Crippen LogP contribution is -2.12. The Bertz CT molecular complexity index is 904. The molecule has 0 saturated carbocycles. The summed E-state index contributed by atoms with van der Waals surface area (Å²) in [5, 5.41) is 1.28. The molecule has 0 radical (unpaired) electrons. The Labute approximate surface area is 125 Å². The minimum atomic E-state index is -3.75. The molecule has 3 aromatic rings. The molecule has 0 aliphatic heterocycles. The van der Waals surface area contributed by atoms with Crippen LogP contribution in [0, 0.1) is 0 Å². The van der Waals surface area contributed by atoms with Gasteiger partial charge in [-0.2, -0.15) is 0 Å². The summed E-state index contributed by atoms with van der Waals surface area (Å²) in [7, 11) is -3.75. The first-order valence-corrected chi connectivity index (χ1v) is 7.83. The SMILES string of the molecule is O=S(=O)(c1cccc(Cl)c1)n1ccc2ccc(Cl)nc21. The lowest BCUT2D eigenvalue weighted by atomic mass is 10.3. The van der Waals surface area contributed by atoms with Crippen LogP contribution in [0.2, 0.25) is 10.2 Å². The number of benzene rings is 1. The average Bonchev–Trinajstić information content (AvgIpc) is 2.82. The van der Waals surface area contributed by atoms with Gasteiger partial charge in [0.05, 0.1) is 4.90 Å². The van der Waals surface area contributed by atoms with Gasteiger partial charge in [0.25, 0.3) is 10.0 Å². The largest absolute Gasteiger partial charge is 0.269 e. The van der Waals surface area contributed by atoms with Crippen LogP contribution in [0.1, 0.15) is 0 Å².